The second-order valence-corrected chi connectivity index (χ2v) is 11.9. The molecule has 0 aliphatic heterocycles. The van der Waals surface area contributed by atoms with E-state index in [9.17, 15) is 19.5 Å². The number of carbonyl (C=O) groups excluding carboxylic acids is 3. The summed E-state index contributed by atoms with van der Waals surface area (Å²) in [5, 5.41) is 14.7. The van der Waals surface area contributed by atoms with Gasteiger partial charge >= 0.3 is 0 Å². The molecule has 0 saturated carbocycles. The quantitative estimate of drug-likeness (QED) is 0.248. The molecule has 0 aromatic heterocycles. The molecule has 0 aliphatic rings. The van der Waals surface area contributed by atoms with Crippen LogP contribution in [0.1, 0.15) is 45.2 Å². The maximum atomic E-state index is 14.4. The zero-order chi connectivity index (χ0) is 31.6. The predicted octanol–water partition coefficient (Wildman–Crippen LogP) is 3.85. The van der Waals surface area contributed by atoms with Gasteiger partial charge in [0.05, 0.1) is 6.10 Å². The van der Waals surface area contributed by atoms with Crippen molar-refractivity contribution < 1.29 is 19.5 Å². The number of likely N-dealkylation sites (N-methyl/N-ethyl adjacent to an activating group) is 2. The molecule has 3 amide bonds. The van der Waals surface area contributed by atoms with Crippen molar-refractivity contribution in [1.82, 2.24) is 15.1 Å². The van der Waals surface area contributed by atoms with Crippen molar-refractivity contribution in [1.29, 1.82) is 0 Å². The van der Waals surface area contributed by atoms with E-state index in [0.717, 1.165) is 21.9 Å². The van der Waals surface area contributed by atoms with Crippen molar-refractivity contribution in [2.75, 3.05) is 20.1 Å². The average Bonchev–Trinajstić information content (AvgIpc) is 2.97. The summed E-state index contributed by atoms with van der Waals surface area (Å²) in [5.41, 5.74) is 7.42. The second kappa shape index (κ2) is 15.5. The van der Waals surface area contributed by atoms with Gasteiger partial charge in [0.1, 0.15) is 12.1 Å². The van der Waals surface area contributed by atoms with Crippen molar-refractivity contribution in [2.45, 2.75) is 70.7 Å². The maximum Gasteiger partial charge on any atom is 0.246 e. The predicted molar refractivity (Wildman–Crippen MR) is 172 cm³/mol. The number of nitrogens with zero attached hydrogens (tertiary/aromatic N) is 2. The zero-order valence-corrected chi connectivity index (χ0v) is 26.0. The van der Waals surface area contributed by atoms with Gasteiger partial charge in [-0.15, -0.1) is 0 Å². The first-order chi connectivity index (χ1) is 20.4. The summed E-state index contributed by atoms with van der Waals surface area (Å²) < 4.78 is 0. The molecular weight excluding hydrogens is 540 g/mol. The van der Waals surface area contributed by atoms with Crippen LogP contribution in [0, 0.1) is 0 Å². The lowest BCUT2D eigenvalue weighted by molar-refractivity contribution is -0.147. The minimum Gasteiger partial charge on any atom is -0.392 e. The molecule has 43 heavy (non-hydrogen) atoms. The van der Waals surface area contributed by atoms with Crippen LogP contribution in [0.25, 0.3) is 10.8 Å². The number of nitrogens with two attached hydrogens (primary N) is 1. The molecule has 0 fully saturated rings. The summed E-state index contributed by atoms with van der Waals surface area (Å²) in [5.74, 6) is -1.01. The fourth-order valence-electron chi connectivity index (χ4n) is 5.01. The minimum absolute atomic E-state index is 0.0640. The number of aliphatic hydroxyl groups is 1. The Labute approximate surface area is 255 Å². The molecule has 230 valence electrons. The van der Waals surface area contributed by atoms with Crippen LogP contribution >= 0.6 is 0 Å². The first-order valence-electron chi connectivity index (χ1n) is 14.9. The maximum absolute atomic E-state index is 14.4. The van der Waals surface area contributed by atoms with Crippen LogP contribution in [0.5, 0.6) is 0 Å². The Bertz CT molecular complexity index is 1400. The van der Waals surface area contributed by atoms with Crippen molar-refractivity contribution in [3.05, 3.63) is 96.1 Å². The van der Waals surface area contributed by atoms with Gasteiger partial charge in [0, 0.05) is 38.5 Å². The normalized spacial score (nSPS) is 13.8. The van der Waals surface area contributed by atoms with Crippen LogP contribution in [-0.4, -0.2) is 76.5 Å². The molecule has 8 nitrogen and oxygen atoms in total. The molecule has 8 heteroatoms. The van der Waals surface area contributed by atoms with Crippen LogP contribution in [0.15, 0.2) is 84.9 Å². The van der Waals surface area contributed by atoms with E-state index in [-0.39, 0.29) is 37.1 Å². The van der Waals surface area contributed by atoms with E-state index >= 15 is 0 Å². The molecule has 0 saturated heterocycles. The number of hydrogen-bond acceptors (Lipinski definition) is 5. The summed E-state index contributed by atoms with van der Waals surface area (Å²) in [7, 11) is 1.61. The first-order valence-corrected chi connectivity index (χ1v) is 14.9. The molecule has 0 spiro atoms. The lowest BCUT2D eigenvalue weighted by Gasteiger charge is -2.35. The van der Waals surface area contributed by atoms with E-state index in [1.807, 2.05) is 93.6 Å². The van der Waals surface area contributed by atoms with Gasteiger partial charge in [-0.1, -0.05) is 78.9 Å². The van der Waals surface area contributed by atoms with Crippen LogP contribution in [0.2, 0.25) is 0 Å². The van der Waals surface area contributed by atoms with Crippen molar-refractivity contribution in [3.63, 3.8) is 0 Å². The fourth-order valence-corrected chi connectivity index (χ4v) is 5.01. The molecule has 0 aliphatic carbocycles. The van der Waals surface area contributed by atoms with Gasteiger partial charge in [-0.05, 0) is 62.1 Å². The Kier molecular flexibility index (Phi) is 12.0. The van der Waals surface area contributed by atoms with Gasteiger partial charge in [-0.25, -0.2) is 0 Å². The molecule has 3 atom stereocenters. The Morgan fingerprint density at radius 1 is 0.930 bits per heavy atom. The summed E-state index contributed by atoms with van der Waals surface area (Å²) >= 11 is 0. The number of nitrogens with one attached hydrogen (secondary N) is 1. The van der Waals surface area contributed by atoms with Gasteiger partial charge in [-0.3, -0.25) is 14.4 Å². The molecule has 0 unspecified atom stereocenters. The Morgan fingerprint density at radius 3 is 2.19 bits per heavy atom. The zero-order valence-electron chi connectivity index (χ0n) is 26.0. The number of aliphatic hydroxyl groups excluding tert-OH is 1. The van der Waals surface area contributed by atoms with Gasteiger partial charge in [0.25, 0.3) is 0 Å². The van der Waals surface area contributed by atoms with Gasteiger partial charge in [0.15, 0.2) is 0 Å². The van der Waals surface area contributed by atoms with E-state index < -0.39 is 23.7 Å². The largest absolute Gasteiger partial charge is 0.392 e. The van der Waals surface area contributed by atoms with E-state index in [4.69, 9.17) is 5.73 Å². The van der Waals surface area contributed by atoms with Gasteiger partial charge < -0.3 is 26.0 Å². The molecular formula is C35H46N4O4. The van der Waals surface area contributed by atoms with Crippen molar-refractivity contribution >= 4 is 28.5 Å². The summed E-state index contributed by atoms with van der Waals surface area (Å²) in [6.07, 6.45) is 3.55. The third kappa shape index (κ3) is 10.0. The Morgan fingerprint density at radius 2 is 1.56 bits per heavy atom. The first kappa shape index (κ1) is 33.5. The standard InChI is InChI=1S/C35H46N4O4/c1-6-39(32(41)17-12-20-35(3,4)36)31(23-27-18-19-28-15-10-11-16-29(28)21-27)34(43)38(5)30(33(42)37-24-25(2)40)22-26-13-8-7-9-14-26/h7-19,21,25,30-31,40H,6,20,22-24,36H2,1-5H3,(H,37,42)/b17-12+/t25-,30+,31+/m0/s1. The van der Waals surface area contributed by atoms with Crippen molar-refractivity contribution in [3.8, 4) is 0 Å². The van der Waals surface area contributed by atoms with Crippen LogP contribution in [0.3, 0.4) is 0 Å². The van der Waals surface area contributed by atoms with Crippen LogP contribution in [0.4, 0.5) is 0 Å². The molecule has 0 radical (unpaired) electrons. The molecule has 3 rings (SSSR count). The highest BCUT2D eigenvalue weighted by Gasteiger charge is 2.35. The molecule has 3 aromatic carbocycles. The minimum atomic E-state index is -0.859. The third-order valence-electron chi connectivity index (χ3n) is 7.39. The summed E-state index contributed by atoms with van der Waals surface area (Å²) in [6, 6.07) is 21.8. The lowest BCUT2D eigenvalue weighted by Crippen LogP contribution is -2.57. The lowest BCUT2D eigenvalue weighted by atomic mass is 9.98. The number of hydrogen-bond donors (Lipinski definition) is 3. The molecule has 3 aromatic rings. The monoisotopic (exact) mass is 586 g/mol. The SMILES string of the molecule is CCN(C(=O)/C=C/CC(C)(C)N)[C@H](Cc1ccc2ccccc2c1)C(=O)N(C)[C@H](Cc1ccccc1)C(=O)NC[C@H](C)O. The third-order valence-corrected chi connectivity index (χ3v) is 7.39. The van der Waals surface area contributed by atoms with Gasteiger partial charge in [-0.2, -0.15) is 0 Å². The topological polar surface area (TPSA) is 116 Å². The van der Waals surface area contributed by atoms with Crippen LogP contribution in [-0.2, 0) is 27.2 Å². The summed E-state index contributed by atoms with van der Waals surface area (Å²) in [6.45, 7) is 7.56. The fraction of sp³-hybridized carbons (Fsp3) is 0.400. The highest BCUT2D eigenvalue weighted by atomic mass is 16.3. The second-order valence-electron chi connectivity index (χ2n) is 11.9. The highest BCUT2D eigenvalue weighted by Crippen LogP contribution is 2.21. The number of amides is 3. The Balaban J connectivity index is 1.99. The number of benzene rings is 3. The van der Waals surface area contributed by atoms with Crippen molar-refractivity contribution in [2.24, 2.45) is 5.73 Å². The average molecular weight is 587 g/mol. The van der Waals surface area contributed by atoms with E-state index in [2.05, 4.69) is 5.32 Å². The molecule has 4 N–H and O–H groups in total. The Hall–Kier alpha value is -4.01. The molecule has 0 bridgehead atoms. The smallest absolute Gasteiger partial charge is 0.246 e. The van der Waals surface area contributed by atoms with E-state index in [1.165, 1.54) is 11.0 Å². The molecule has 0 heterocycles. The van der Waals surface area contributed by atoms with Gasteiger partial charge in [0.2, 0.25) is 17.7 Å². The van der Waals surface area contributed by atoms with E-state index in [0.29, 0.717) is 13.0 Å². The number of fused-ring (bicyclic) bond motifs is 1. The highest BCUT2D eigenvalue weighted by molar-refractivity contribution is 5.95. The number of carbonyl (C=O) groups is 3. The van der Waals surface area contributed by atoms with E-state index in [1.54, 1.807) is 24.9 Å². The van der Waals surface area contributed by atoms with Crippen LogP contribution < -0.4 is 11.1 Å². The summed E-state index contributed by atoms with van der Waals surface area (Å²) in [4.78, 5) is 44.3. The number of rotatable bonds is 14.